The summed E-state index contributed by atoms with van der Waals surface area (Å²) in [6, 6.07) is 5.31. The maximum atomic E-state index is 3.97. The largest absolute Gasteiger partial charge is 0.341 e. The Bertz CT molecular complexity index is 149. The Kier molecular flexibility index (Phi) is 7.31. The molecule has 1 heterocycles. The summed E-state index contributed by atoms with van der Waals surface area (Å²) in [4.78, 5) is 0. The smallest absolute Gasteiger partial charge is 0.172 e. The van der Waals surface area contributed by atoms with Crippen LogP contribution in [0, 0.1) is 0 Å². The quantitative estimate of drug-likeness (QED) is 0.519. The first-order valence-electron chi connectivity index (χ1n) is 6.77. The van der Waals surface area contributed by atoms with Crippen molar-refractivity contribution in [3.63, 3.8) is 0 Å². The molecule has 1 fully saturated rings. The van der Waals surface area contributed by atoms with Crippen LogP contribution in [-0.2, 0) is 0 Å². The minimum atomic E-state index is -0.848. The first kappa shape index (κ1) is 14.8. The van der Waals surface area contributed by atoms with Crippen molar-refractivity contribution in [3.8, 4) is 0 Å². The lowest BCUT2D eigenvalue weighted by Gasteiger charge is -2.35. The van der Waals surface area contributed by atoms with Crippen LogP contribution in [0.5, 0.6) is 0 Å². The Morgan fingerprint density at radius 2 is 0.688 bits per heavy atom. The van der Waals surface area contributed by atoms with Gasteiger partial charge < -0.3 is 18.6 Å². The first-order chi connectivity index (χ1) is 7.73. The van der Waals surface area contributed by atoms with Crippen molar-refractivity contribution in [3.05, 3.63) is 0 Å². The van der Waals surface area contributed by atoms with E-state index in [1.54, 1.807) is 0 Å². The van der Waals surface area contributed by atoms with E-state index < -0.39 is 36.5 Å². The maximum Gasteiger partial charge on any atom is 0.172 e. The summed E-state index contributed by atoms with van der Waals surface area (Å²) in [6.07, 6.45) is 0. The highest BCUT2D eigenvalue weighted by atomic mass is 28.4. The van der Waals surface area contributed by atoms with Gasteiger partial charge in [-0.25, -0.2) is 0 Å². The van der Waals surface area contributed by atoms with Gasteiger partial charge in [0.1, 0.15) is 0 Å². The molecule has 0 radical (unpaired) electrons. The molecule has 1 saturated heterocycles. The van der Waals surface area contributed by atoms with E-state index in [1.165, 1.54) is 24.2 Å². The molecule has 96 valence electrons. The van der Waals surface area contributed by atoms with Gasteiger partial charge in [0.2, 0.25) is 0 Å². The standard InChI is InChI=1S/C8H28N4Si4/c1-5-13-9-14(6-2)11-16(8-4)12-15(7-3)10-13/h9-16H,5-8H2,1-4H3. The lowest BCUT2D eigenvalue weighted by molar-refractivity contribution is 1.07. The van der Waals surface area contributed by atoms with Gasteiger partial charge in [0, 0.05) is 0 Å². The molecule has 8 heteroatoms. The number of nitrogens with one attached hydrogen (secondary N) is 4. The van der Waals surface area contributed by atoms with Gasteiger partial charge in [-0.2, -0.15) is 0 Å². The van der Waals surface area contributed by atoms with Crippen LogP contribution in [0.15, 0.2) is 0 Å². The van der Waals surface area contributed by atoms with Gasteiger partial charge in [-0.1, -0.05) is 27.7 Å². The van der Waals surface area contributed by atoms with E-state index in [9.17, 15) is 0 Å². The van der Waals surface area contributed by atoms with Crippen LogP contribution < -0.4 is 18.6 Å². The van der Waals surface area contributed by atoms with Gasteiger partial charge >= 0.3 is 0 Å². The van der Waals surface area contributed by atoms with E-state index >= 15 is 0 Å². The molecule has 0 bridgehead atoms. The summed E-state index contributed by atoms with van der Waals surface area (Å²) < 4.78 is 15.9. The summed E-state index contributed by atoms with van der Waals surface area (Å²) in [5.74, 6) is 0. The third-order valence-corrected chi connectivity index (χ3v) is 19.4. The summed E-state index contributed by atoms with van der Waals surface area (Å²) in [6.45, 7) is 9.32. The lowest BCUT2D eigenvalue weighted by atomic mass is 11.0. The SMILES string of the molecule is CC[SiH]1N[SiH](CC)N[SiH](CC)N[SiH](CC)N1. The topological polar surface area (TPSA) is 48.1 Å². The van der Waals surface area contributed by atoms with Crippen molar-refractivity contribution in [1.29, 1.82) is 0 Å². The first-order valence-corrected chi connectivity index (χ1v) is 14.7. The normalized spacial score (nSPS) is 36.8. The van der Waals surface area contributed by atoms with Crippen molar-refractivity contribution < 1.29 is 0 Å². The molecule has 4 nitrogen and oxygen atoms in total. The average Bonchev–Trinajstić information content (AvgIpc) is 2.29. The van der Waals surface area contributed by atoms with Crippen molar-refractivity contribution in [2.75, 3.05) is 0 Å². The average molecular weight is 293 g/mol. The fraction of sp³-hybridized carbons (Fsp3) is 1.00. The molecule has 0 unspecified atom stereocenters. The third kappa shape index (κ3) is 4.53. The van der Waals surface area contributed by atoms with Gasteiger partial charge in [-0.3, -0.25) is 0 Å². The molecule has 16 heavy (non-hydrogen) atoms. The van der Waals surface area contributed by atoms with E-state index in [-0.39, 0.29) is 0 Å². The van der Waals surface area contributed by atoms with Gasteiger partial charge in [0.05, 0.1) is 0 Å². The predicted octanol–water partition coefficient (Wildman–Crippen LogP) is -0.680. The predicted molar refractivity (Wildman–Crippen MR) is 83.1 cm³/mol. The maximum absolute atomic E-state index is 3.97. The second kappa shape index (κ2) is 7.92. The van der Waals surface area contributed by atoms with Crippen LogP contribution in [-0.4, -0.2) is 36.5 Å². The lowest BCUT2D eigenvalue weighted by Crippen LogP contribution is -2.74. The Balaban J connectivity index is 2.61. The molecule has 0 aromatic carbocycles. The van der Waals surface area contributed by atoms with Crippen LogP contribution in [0.4, 0.5) is 0 Å². The number of rotatable bonds is 4. The van der Waals surface area contributed by atoms with Crippen molar-refractivity contribution in [2.45, 2.75) is 51.9 Å². The molecular weight excluding hydrogens is 264 g/mol. The van der Waals surface area contributed by atoms with Gasteiger partial charge in [0.15, 0.2) is 36.5 Å². The Labute approximate surface area is 107 Å². The number of hydrogen-bond donors (Lipinski definition) is 4. The van der Waals surface area contributed by atoms with E-state index in [0.717, 1.165) is 0 Å². The van der Waals surface area contributed by atoms with Crippen LogP contribution in [0.25, 0.3) is 0 Å². The monoisotopic (exact) mass is 292 g/mol. The van der Waals surface area contributed by atoms with Gasteiger partial charge in [-0.05, 0) is 24.2 Å². The molecule has 0 atom stereocenters. The molecule has 1 aliphatic heterocycles. The fourth-order valence-corrected chi connectivity index (χ4v) is 22.4. The van der Waals surface area contributed by atoms with E-state index in [1.807, 2.05) is 0 Å². The highest BCUT2D eigenvalue weighted by molar-refractivity contribution is 6.87. The van der Waals surface area contributed by atoms with Gasteiger partial charge in [-0.15, -0.1) is 0 Å². The van der Waals surface area contributed by atoms with E-state index in [4.69, 9.17) is 0 Å². The van der Waals surface area contributed by atoms with Crippen molar-refractivity contribution >= 4 is 36.5 Å². The molecule has 0 amide bonds. The highest BCUT2D eigenvalue weighted by Crippen LogP contribution is 1.97. The molecule has 0 aliphatic carbocycles. The Hall–Kier alpha value is 0.708. The minimum absolute atomic E-state index is 0.848. The number of hydrogen-bond acceptors (Lipinski definition) is 4. The van der Waals surface area contributed by atoms with Crippen LogP contribution in [0.2, 0.25) is 24.2 Å². The van der Waals surface area contributed by atoms with Gasteiger partial charge in [0.25, 0.3) is 0 Å². The zero-order chi connectivity index (χ0) is 12.0. The minimum Gasteiger partial charge on any atom is -0.341 e. The van der Waals surface area contributed by atoms with Crippen LogP contribution >= 0.6 is 0 Å². The summed E-state index contributed by atoms with van der Waals surface area (Å²) in [5, 5.41) is 0. The molecule has 1 aliphatic rings. The third-order valence-electron chi connectivity index (χ3n) is 3.24. The second-order valence-corrected chi connectivity index (χ2v) is 17.5. The van der Waals surface area contributed by atoms with Crippen LogP contribution in [0.3, 0.4) is 0 Å². The highest BCUT2D eigenvalue weighted by Gasteiger charge is 2.26. The molecule has 4 N–H and O–H groups in total. The summed E-state index contributed by atoms with van der Waals surface area (Å²) in [7, 11) is -3.39. The Morgan fingerprint density at radius 3 is 0.812 bits per heavy atom. The van der Waals surface area contributed by atoms with E-state index in [0.29, 0.717) is 0 Å². The summed E-state index contributed by atoms with van der Waals surface area (Å²) in [5.41, 5.74) is 0. The van der Waals surface area contributed by atoms with Crippen LogP contribution in [0.1, 0.15) is 27.7 Å². The molecule has 0 aromatic rings. The zero-order valence-electron chi connectivity index (χ0n) is 11.1. The zero-order valence-corrected chi connectivity index (χ0v) is 15.8. The molecule has 0 spiro atoms. The van der Waals surface area contributed by atoms with Crippen molar-refractivity contribution in [1.82, 2.24) is 18.6 Å². The molecule has 0 saturated carbocycles. The molecular formula is C8H28N4Si4. The van der Waals surface area contributed by atoms with Crippen molar-refractivity contribution in [2.24, 2.45) is 0 Å². The second-order valence-electron chi connectivity index (χ2n) is 4.51. The Morgan fingerprint density at radius 1 is 0.500 bits per heavy atom. The fourth-order valence-electron chi connectivity index (χ4n) is 2.11. The summed E-state index contributed by atoms with van der Waals surface area (Å²) >= 11 is 0. The molecule has 0 aromatic heterocycles. The van der Waals surface area contributed by atoms with E-state index in [2.05, 4.69) is 46.3 Å². The molecule has 1 rings (SSSR count).